The van der Waals surface area contributed by atoms with Crippen molar-refractivity contribution in [2.75, 3.05) is 5.75 Å². The van der Waals surface area contributed by atoms with Crippen LogP contribution in [0.25, 0.3) is 0 Å². The van der Waals surface area contributed by atoms with Gasteiger partial charge in [-0.05, 0) is 34.1 Å². The van der Waals surface area contributed by atoms with Crippen LogP contribution in [-0.2, 0) is 16.4 Å². The zero-order valence-corrected chi connectivity index (χ0v) is 13.1. The molecule has 0 saturated heterocycles. The highest BCUT2D eigenvalue weighted by molar-refractivity contribution is 9.10. The number of hydrogen-bond acceptors (Lipinski definition) is 5. The van der Waals surface area contributed by atoms with Gasteiger partial charge in [-0.1, -0.05) is 6.07 Å². The van der Waals surface area contributed by atoms with E-state index in [2.05, 4.69) is 20.9 Å². The van der Waals surface area contributed by atoms with Crippen LogP contribution in [0.15, 0.2) is 51.0 Å². The zero-order valence-electron chi connectivity index (χ0n) is 10.7. The summed E-state index contributed by atoms with van der Waals surface area (Å²) < 4.78 is 25.9. The lowest BCUT2D eigenvalue weighted by molar-refractivity contribution is 0.586. The SMILES string of the molecule is N#Cc1cccc(S(=O)(=O)CCn2cncc(Br)c2=O)c1. The number of rotatable bonds is 4. The molecular weight excluding hydrogens is 358 g/mol. The molecular formula is C13H10BrN3O3S. The van der Waals surface area contributed by atoms with Gasteiger partial charge in [-0.15, -0.1) is 0 Å². The fraction of sp³-hybridized carbons (Fsp3) is 0.154. The highest BCUT2D eigenvalue weighted by Crippen LogP contribution is 2.13. The number of nitrogens with zero attached hydrogens (tertiary/aromatic N) is 3. The van der Waals surface area contributed by atoms with Crippen molar-refractivity contribution < 1.29 is 8.42 Å². The number of aryl methyl sites for hydroxylation is 1. The summed E-state index contributed by atoms with van der Waals surface area (Å²) in [5.41, 5.74) is -0.0664. The van der Waals surface area contributed by atoms with E-state index in [0.717, 1.165) is 0 Å². The van der Waals surface area contributed by atoms with Crippen molar-refractivity contribution in [2.45, 2.75) is 11.4 Å². The molecule has 8 heteroatoms. The molecule has 6 nitrogen and oxygen atoms in total. The van der Waals surface area contributed by atoms with Crippen molar-refractivity contribution >= 4 is 25.8 Å². The molecule has 108 valence electrons. The van der Waals surface area contributed by atoms with Crippen LogP contribution in [0.2, 0.25) is 0 Å². The first-order chi connectivity index (χ1) is 9.94. The molecule has 0 aliphatic rings. The number of sulfone groups is 1. The molecule has 0 saturated carbocycles. The first kappa shape index (κ1) is 15.4. The summed E-state index contributed by atoms with van der Waals surface area (Å²) in [6.45, 7) is -0.00954. The summed E-state index contributed by atoms with van der Waals surface area (Å²) >= 11 is 3.05. The summed E-state index contributed by atoms with van der Waals surface area (Å²) in [7, 11) is -3.57. The molecule has 0 bridgehead atoms. The van der Waals surface area contributed by atoms with Crippen molar-refractivity contribution in [1.82, 2.24) is 9.55 Å². The Bertz CT molecular complexity index is 869. The standard InChI is InChI=1S/C13H10BrN3O3S/c14-12-8-16-9-17(13(12)18)4-5-21(19,20)11-3-1-2-10(6-11)7-15/h1-3,6,8-9H,4-5H2. The number of halogens is 1. The van der Waals surface area contributed by atoms with Gasteiger partial charge in [0.15, 0.2) is 9.84 Å². The first-order valence-electron chi connectivity index (χ1n) is 5.87. The molecule has 0 amide bonds. The molecule has 1 aromatic carbocycles. The smallest absolute Gasteiger partial charge is 0.267 e. The molecule has 1 aromatic heterocycles. The Morgan fingerprint density at radius 1 is 1.38 bits per heavy atom. The predicted octanol–water partition coefficient (Wildman–Crippen LogP) is 1.35. The van der Waals surface area contributed by atoms with Crippen LogP contribution in [0.5, 0.6) is 0 Å². The van der Waals surface area contributed by atoms with E-state index in [1.165, 1.54) is 41.4 Å². The molecule has 0 aliphatic heterocycles. The molecule has 21 heavy (non-hydrogen) atoms. The Kier molecular flexibility index (Phi) is 4.55. The van der Waals surface area contributed by atoms with E-state index in [9.17, 15) is 13.2 Å². The van der Waals surface area contributed by atoms with Crippen LogP contribution < -0.4 is 5.56 Å². The van der Waals surface area contributed by atoms with Gasteiger partial charge in [0.1, 0.15) is 4.47 Å². The molecule has 0 N–H and O–H groups in total. The number of aromatic nitrogens is 2. The summed E-state index contributed by atoms with van der Waals surface area (Å²) in [5.74, 6) is -0.250. The van der Waals surface area contributed by atoms with E-state index in [1.807, 2.05) is 6.07 Å². The summed E-state index contributed by atoms with van der Waals surface area (Å²) in [6, 6.07) is 7.68. The number of hydrogen-bond donors (Lipinski definition) is 0. The van der Waals surface area contributed by atoms with Gasteiger partial charge >= 0.3 is 0 Å². The Morgan fingerprint density at radius 3 is 2.86 bits per heavy atom. The third-order valence-electron chi connectivity index (χ3n) is 2.78. The Balaban J connectivity index is 2.24. The van der Waals surface area contributed by atoms with Crippen molar-refractivity contribution in [3.8, 4) is 6.07 Å². The second-order valence-electron chi connectivity index (χ2n) is 4.20. The molecule has 2 rings (SSSR count). The second-order valence-corrected chi connectivity index (χ2v) is 7.16. The number of nitriles is 1. The fourth-order valence-corrected chi connectivity index (χ4v) is 3.29. The molecule has 0 atom stereocenters. The average Bonchev–Trinajstić information content (AvgIpc) is 2.49. The van der Waals surface area contributed by atoms with E-state index < -0.39 is 9.84 Å². The van der Waals surface area contributed by atoms with E-state index in [4.69, 9.17) is 5.26 Å². The molecule has 0 unspecified atom stereocenters. The van der Waals surface area contributed by atoms with Gasteiger partial charge in [-0.3, -0.25) is 9.36 Å². The average molecular weight is 368 g/mol. The van der Waals surface area contributed by atoms with E-state index >= 15 is 0 Å². The van der Waals surface area contributed by atoms with Crippen LogP contribution >= 0.6 is 15.9 Å². The molecule has 0 fully saturated rings. The van der Waals surface area contributed by atoms with Crippen molar-refractivity contribution in [2.24, 2.45) is 0 Å². The van der Waals surface area contributed by atoms with Gasteiger partial charge in [-0.2, -0.15) is 5.26 Å². The minimum Gasteiger partial charge on any atom is -0.297 e. The van der Waals surface area contributed by atoms with Gasteiger partial charge in [0.25, 0.3) is 5.56 Å². The van der Waals surface area contributed by atoms with Crippen molar-refractivity contribution in [1.29, 1.82) is 5.26 Å². The lowest BCUT2D eigenvalue weighted by atomic mass is 10.2. The van der Waals surface area contributed by atoms with Crippen LogP contribution in [0.4, 0.5) is 0 Å². The Hall–Kier alpha value is -1.98. The molecule has 0 spiro atoms. The molecule has 1 heterocycles. The monoisotopic (exact) mass is 367 g/mol. The normalized spacial score (nSPS) is 11.0. The summed E-state index contributed by atoms with van der Waals surface area (Å²) in [4.78, 5) is 15.7. The van der Waals surface area contributed by atoms with Gasteiger partial charge in [0.05, 0.1) is 28.6 Å². The largest absolute Gasteiger partial charge is 0.297 e. The number of benzene rings is 1. The lowest BCUT2D eigenvalue weighted by Gasteiger charge is -2.07. The molecule has 2 aromatic rings. The second kappa shape index (κ2) is 6.20. The highest BCUT2D eigenvalue weighted by Gasteiger charge is 2.15. The highest BCUT2D eigenvalue weighted by atomic mass is 79.9. The lowest BCUT2D eigenvalue weighted by Crippen LogP contribution is -2.24. The third-order valence-corrected chi connectivity index (χ3v) is 5.02. The van der Waals surface area contributed by atoms with Crippen LogP contribution in [-0.4, -0.2) is 23.7 Å². The van der Waals surface area contributed by atoms with E-state index in [1.54, 1.807) is 0 Å². The van der Waals surface area contributed by atoms with Crippen LogP contribution in [0.3, 0.4) is 0 Å². The quantitative estimate of drug-likeness (QED) is 0.812. The maximum absolute atomic E-state index is 12.2. The predicted molar refractivity (Wildman–Crippen MR) is 79.4 cm³/mol. The maximum atomic E-state index is 12.2. The minimum absolute atomic E-state index is 0.00954. The Morgan fingerprint density at radius 2 is 2.14 bits per heavy atom. The summed E-state index contributed by atoms with van der Waals surface area (Å²) in [6.07, 6.45) is 2.64. The Labute approximate surface area is 129 Å². The van der Waals surface area contributed by atoms with Gasteiger partial charge in [-0.25, -0.2) is 13.4 Å². The minimum atomic E-state index is -3.57. The molecule has 0 radical (unpaired) electrons. The topological polar surface area (TPSA) is 92.8 Å². The van der Waals surface area contributed by atoms with Crippen LogP contribution in [0.1, 0.15) is 5.56 Å². The zero-order chi connectivity index (χ0) is 15.5. The van der Waals surface area contributed by atoms with Crippen molar-refractivity contribution in [3.05, 3.63) is 57.2 Å². The van der Waals surface area contributed by atoms with Crippen molar-refractivity contribution in [3.63, 3.8) is 0 Å². The van der Waals surface area contributed by atoms with E-state index in [0.29, 0.717) is 0 Å². The van der Waals surface area contributed by atoms with E-state index in [-0.39, 0.29) is 32.8 Å². The van der Waals surface area contributed by atoms with Gasteiger partial charge in [0, 0.05) is 12.7 Å². The first-order valence-corrected chi connectivity index (χ1v) is 8.31. The molecule has 0 aliphatic carbocycles. The third kappa shape index (κ3) is 3.56. The van der Waals surface area contributed by atoms with Gasteiger partial charge < -0.3 is 0 Å². The van der Waals surface area contributed by atoms with Gasteiger partial charge in [0.2, 0.25) is 0 Å². The van der Waals surface area contributed by atoms with Crippen LogP contribution in [0, 0.1) is 11.3 Å². The summed E-state index contributed by atoms with van der Waals surface area (Å²) in [5, 5.41) is 8.80. The fourth-order valence-electron chi connectivity index (χ4n) is 1.68. The maximum Gasteiger partial charge on any atom is 0.267 e.